The van der Waals surface area contributed by atoms with Crippen molar-refractivity contribution in [3.05, 3.63) is 70.2 Å². The number of nitrogens with one attached hydrogen (secondary N) is 1. The molecule has 21 heavy (non-hydrogen) atoms. The average Bonchev–Trinajstić information content (AvgIpc) is 2.92. The van der Waals surface area contributed by atoms with Gasteiger partial charge in [0.05, 0.1) is 17.8 Å². The lowest BCUT2D eigenvalue weighted by atomic mass is 10.0. The van der Waals surface area contributed by atoms with E-state index in [9.17, 15) is 4.39 Å². The van der Waals surface area contributed by atoms with Gasteiger partial charge in [0.15, 0.2) is 0 Å². The molecule has 2 aromatic heterocycles. The van der Waals surface area contributed by atoms with Gasteiger partial charge in [-0.15, -0.1) is 0 Å². The summed E-state index contributed by atoms with van der Waals surface area (Å²) in [5.74, 6) is 5.43. The highest BCUT2D eigenvalue weighted by molar-refractivity contribution is 9.10. The number of aromatic nitrogens is 2. The predicted octanol–water partition coefficient (Wildman–Crippen LogP) is 2.98. The lowest BCUT2D eigenvalue weighted by Crippen LogP contribution is -2.29. The van der Waals surface area contributed by atoms with Crippen molar-refractivity contribution in [1.29, 1.82) is 0 Å². The average molecular weight is 349 g/mol. The zero-order chi connectivity index (χ0) is 14.8. The number of hydrazine groups is 1. The molecule has 2 heterocycles. The van der Waals surface area contributed by atoms with Gasteiger partial charge in [0.2, 0.25) is 0 Å². The first kappa shape index (κ1) is 14.2. The normalized spacial score (nSPS) is 12.7. The number of nitrogens with zero attached hydrogens (tertiary/aromatic N) is 2. The maximum Gasteiger partial charge on any atom is 0.123 e. The van der Waals surface area contributed by atoms with Gasteiger partial charge in [0.25, 0.3) is 0 Å². The molecule has 0 aliphatic heterocycles. The summed E-state index contributed by atoms with van der Waals surface area (Å²) in [6, 6.07) is 10.3. The van der Waals surface area contributed by atoms with Crippen molar-refractivity contribution in [1.82, 2.24) is 15.0 Å². The third-order valence-corrected chi connectivity index (χ3v) is 4.24. The van der Waals surface area contributed by atoms with E-state index in [0.717, 1.165) is 21.1 Å². The molecule has 0 saturated carbocycles. The molecule has 0 saturated heterocycles. The zero-order valence-electron chi connectivity index (χ0n) is 11.1. The van der Waals surface area contributed by atoms with Crippen molar-refractivity contribution in [2.45, 2.75) is 12.5 Å². The molecule has 3 N–H and O–H groups in total. The molecule has 3 rings (SSSR count). The summed E-state index contributed by atoms with van der Waals surface area (Å²) in [5.41, 5.74) is 5.61. The van der Waals surface area contributed by atoms with Gasteiger partial charge in [-0.2, -0.15) is 5.10 Å². The van der Waals surface area contributed by atoms with Crippen molar-refractivity contribution >= 4 is 21.4 Å². The number of hydrogen-bond donors (Lipinski definition) is 2. The van der Waals surface area contributed by atoms with Crippen LogP contribution < -0.4 is 11.3 Å². The van der Waals surface area contributed by atoms with Crippen LogP contribution in [0, 0.1) is 5.82 Å². The van der Waals surface area contributed by atoms with Crippen LogP contribution >= 0.6 is 15.9 Å². The third-order valence-electron chi connectivity index (χ3n) is 3.46. The molecular weight excluding hydrogens is 335 g/mol. The molecule has 0 bridgehead atoms. The first-order chi connectivity index (χ1) is 10.2. The number of fused-ring (bicyclic) bond motifs is 1. The molecule has 1 unspecified atom stereocenters. The number of pyridine rings is 1. The first-order valence-corrected chi connectivity index (χ1v) is 7.30. The molecule has 3 aromatic rings. The van der Waals surface area contributed by atoms with Crippen molar-refractivity contribution in [3.8, 4) is 0 Å². The maximum atomic E-state index is 13.4. The van der Waals surface area contributed by atoms with Gasteiger partial charge in [-0.25, -0.2) is 8.91 Å². The third kappa shape index (κ3) is 2.83. The molecule has 0 radical (unpaired) electrons. The number of nitrogens with two attached hydrogens (primary N) is 1. The van der Waals surface area contributed by atoms with Gasteiger partial charge in [-0.1, -0.05) is 22.0 Å². The summed E-state index contributed by atoms with van der Waals surface area (Å²) < 4.78 is 16.1. The molecule has 0 amide bonds. The fourth-order valence-corrected chi connectivity index (χ4v) is 2.81. The van der Waals surface area contributed by atoms with Crippen LogP contribution in [0.2, 0.25) is 0 Å². The molecule has 0 aliphatic carbocycles. The Morgan fingerprint density at radius 2 is 2.19 bits per heavy atom. The molecule has 0 aliphatic rings. The Labute approximate surface area is 129 Å². The van der Waals surface area contributed by atoms with Crippen molar-refractivity contribution in [2.24, 2.45) is 5.84 Å². The Kier molecular flexibility index (Phi) is 4.01. The summed E-state index contributed by atoms with van der Waals surface area (Å²) >= 11 is 3.45. The van der Waals surface area contributed by atoms with Crippen LogP contribution in [0.1, 0.15) is 17.2 Å². The van der Waals surface area contributed by atoms with E-state index < -0.39 is 0 Å². The summed E-state index contributed by atoms with van der Waals surface area (Å²) in [6.07, 6.45) is 4.22. The van der Waals surface area contributed by atoms with Crippen LogP contribution in [0.25, 0.3) is 5.52 Å². The van der Waals surface area contributed by atoms with E-state index in [0.29, 0.717) is 6.42 Å². The SMILES string of the molecule is NNC(Cc1cc(F)ccc1Br)c1cnn2ccccc12. The lowest BCUT2D eigenvalue weighted by Gasteiger charge is -2.16. The topological polar surface area (TPSA) is 55.3 Å². The van der Waals surface area contributed by atoms with Gasteiger partial charge in [0, 0.05) is 16.2 Å². The van der Waals surface area contributed by atoms with Crippen LogP contribution in [0.5, 0.6) is 0 Å². The number of hydrogen-bond acceptors (Lipinski definition) is 3. The van der Waals surface area contributed by atoms with Gasteiger partial charge in [-0.3, -0.25) is 11.3 Å². The van der Waals surface area contributed by atoms with Crippen LogP contribution in [-0.4, -0.2) is 9.61 Å². The molecule has 1 atom stereocenters. The summed E-state index contributed by atoms with van der Waals surface area (Å²) in [4.78, 5) is 0. The molecule has 0 spiro atoms. The van der Waals surface area contributed by atoms with Crippen molar-refractivity contribution in [2.75, 3.05) is 0 Å². The molecular formula is C15H14BrFN4. The lowest BCUT2D eigenvalue weighted by molar-refractivity contribution is 0.550. The van der Waals surface area contributed by atoms with Gasteiger partial charge < -0.3 is 0 Å². The molecule has 108 valence electrons. The van der Waals surface area contributed by atoms with E-state index in [1.54, 1.807) is 16.8 Å². The second kappa shape index (κ2) is 5.93. The number of rotatable bonds is 4. The minimum atomic E-state index is -0.260. The van der Waals surface area contributed by atoms with Crippen LogP contribution in [-0.2, 0) is 6.42 Å². The smallest absolute Gasteiger partial charge is 0.123 e. The van der Waals surface area contributed by atoms with Crippen LogP contribution in [0.4, 0.5) is 4.39 Å². The van der Waals surface area contributed by atoms with E-state index >= 15 is 0 Å². The van der Waals surface area contributed by atoms with Crippen LogP contribution in [0.3, 0.4) is 0 Å². The Hall–Kier alpha value is -1.76. The fraction of sp³-hybridized carbons (Fsp3) is 0.133. The van der Waals surface area contributed by atoms with Crippen molar-refractivity contribution < 1.29 is 4.39 Å². The number of benzene rings is 1. The van der Waals surface area contributed by atoms with E-state index in [2.05, 4.69) is 26.5 Å². The van der Waals surface area contributed by atoms with Gasteiger partial charge in [0.1, 0.15) is 5.82 Å². The second-order valence-corrected chi connectivity index (χ2v) is 5.64. The highest BCUT2D eigenvalue weighted by Gasteiger charge is 2.17. The Bertz CT molecular complexity index is 771. The van der Waals surface area contributed by atoms with E-state index in [1.165, 1.54) is 12.1 Å². The first-order valence-electron chi connectivity index (χ1n) is 6.51. The fourth-order valence-electron chi connectivity index (χ4n) is 2.40. The standard InChI is InChI=1S/C15H14BrFN4/c16-13-5-4-11(17)7-10(13)8-14(20-18)12-9-19-21-6-2-1-3-15(12)21/h1-7,9,14,20H,8,18H2. The monoisotopic (exact) mass is 348 g/mol. The molecule has 1 aromatic carbocycles. The van der Waals surface area contributed by atoms with Gasteiger partial charge in [-0.05, 0) is 42.3 Å². The number of halogens is 2. The van der Waals surface area contributed by atoms with Crippen LogP contribution in [0.15, 0.2) is 53.3 Å². The van der Waals surface area contributed by atoms with Crippen molar-refractivity contribution in [3.63, 3.8) is 0 Å². The molecule has 4 nitrogen and oxygen atoms in total. The quantitative estimate of drug-likeness (QED) is 0.562. The molecule has 0 fully saturated rings. The highest BCUT2D eigenvalue weighted by Crippen LogP contribution is 2.26. The van der Waals surface area contributed by atoms with E-state index in [-0.39, 0.29) is 11.9 Å². The summed E-state index contributed by atoms with van der Waals surface area (Å²) in [5, 5.41) is 4.30. The van der Waals surface area contributed by atoms with E-state index in [4.69, 9.17) is 5.84 Å². The predicted molar refractivity (Wildman–Crippen MR) is 83.1 cm³/mol. The van der Waals surface area contributed by atoms with E-state index in [1.807, 2.05) is 24.4 Å². The molecule has 6 heteroatoms. The summed E-state index contributed by atoms with van der Waals surface area (Å²) in [7, 11) is 0. The summed E-state index contributed by atoms with van der Waals surface area (Å²) in [6.45, 7) is 0. The Morgan fingerprint density at radius 1 is 1.33 bits per heavy atom. The Morgan fingerprint density at radius 3 is 3.00 bits per heavy atom. The largest absolute Gasteiger partial charge is 0.271 e. The Balaban J connectivity index is 1.97. The minimum absolute atomic E-state index is 0.150. The maximum absolute atomic E-state index is 13.4. The zero-order valence-corrected chi connectivity index (χ0v) is 12.7. The highest BCUT2D eigenvalue weighted by atomic mass is 79.9. The second-order valence-electron chi connectivity index (χ2n) is 4.79. The minimum Gasteiger partial charge on any atom is -0.271 e. The van der Waals surface area contributed by atoms with Gasteiger partial charge >= 0.3 is 0 Å².